The van der Waals surface area contributed by atoms with Gasteiger partial charge in [-0.25, -0.2) is 19.3 Å². The molecule has 34 heavy (non-hydrogen) atoms. The Morgan fingerprint density at radius 2 is 1.82 bits per heavy atom. The van der Waals surface area contributed by atoms with Gasteiger partial charge in [0, 0.05) is 57.0 Å². The van der Waals surface area contributed by atoms with Crippen LogP contribution in [0.15, 0.2) is 67.0 Å². The molecule has 0 amide bonds. The van der Waals surface area contributed by atoms with Crippen LogP contribution < -0.4 is 10.2 Å². The van der Waals surface area contributed by atoms with Gasteiger partial charge in [0.15, 0.2) is 0 Å². The molecule has 0 atom stereocenters. The first kappa shape index (κ1) is 22.2. The van der Waals surface area contributed by atoms with E-state index in [4.69, 9.17) is 9.72 Å². The van der Waals surface area contributed by atoms with E-state index in [0.717, 1.165) is 72.9 Å². The van der Waals surface area contributed by atoms with Crippen LogP contribution in [-0.4, -0.2) is 66.3 Å². The highest BCUT2D eigenvalue weighted by atomic mass is 19.1. The number of methoxy groups -OCH3 is 1. The fourth-order valence-corrected chi connectivity index (χ4v) is 4.20. The van der Waals surface area contributed by atoms with Gasteiger partial charge in [-0.3, -0.25) is 4.90 Å². The molecule has 1 aliphatic heterocycles. The number of rotatable bonds is 7. The number of aromatic nitrogens is 3. The molecule has 5 rings (SSSR count). The Kier molecular flexibility index (Phi) is 6.60. The summed E-state index contributed by atoms with van der Waals surface area (Å²) in [5.41, 5.74) is 3.22. The van der Waals surface area contributed by atoms with Crippen molar-refractivity contribution in [3.8, 4) is 11.1 Å². The predicted molar refractivity (Wildman–Crippen MR) is 133 cm³/mol. The summed E-state index contributed by atoms with van der Waals surface area (Å²) in [7, 11) is 1.74. The Balaban J connectivity index is 1.30. The lowest BCUT2D eigenvalue weighted by Gasteiger charge is -2.35. The first-order chi connectivity index (χ1) is 16.7. The predicted octanol–water partition coefficient (Wildman–Crippen LogP) is 4.34. The van der Waals surface area contributed by atoms with Crippen LogP contribution in [0.25, 0.3) is 22.0 Å². The third-order valence-corrected chi connectivity index (χ3v) is 6.06. The minimum atomic E-state index is -0.274. The van der Waals surface area contributed by atoms with Gasteiger partial charge >= 0.3 is 0 Å². The molecule has 0 aliphatic carbocycles. The second-order valence-corrected chi connectivity index (χ2v) is 8.30. The first-order valence-electron chi connectivity index (χ1n) is 11.4. The highest BCUT2D eigenvalue weighted by Crippen LogP contribution is 2.28. The maximum Gasteiger partial charge on any atom is 0.227 e. The highest BCUT2D eigenvalue weighted by molar-refractivity contribution is 5.93. The van der Waals surface area contributed by atoms with Crippen molar-refractivity contribution in [3.63, 3.8) is 0 Å². The van der Waals surface area contributed by atoms with E-state index >= 15 is 0 Å². The average molecular weight is 459 g/mol. The van der Waals surface area contributed by atoms with Gasteiger partial charge in [-0.1, -0.05) is 30.3 Å². The summed E-state index contributed by atoms with van der Waals surface area (Å²) in [5, 5.41) is 4.14. The van der Waals surface area contributed by atoms with Gasteiger partial charge in [0.25, 0.3) is 0 Å². The molecule has 1 N–H and O–H groups in total. The van der Waals surface area contributed by atoms with Crippen molar-refractivity contribution in [3.05, 3.63) is 72.8 Å². The topological polar surface area (TPSA) is 66.4 Å². The number of anilines is 3. The summed E-state index contributed by atoms with van der Waals surface area (Å²) < 4.78 is 19.0. The van der Waals surface area contributed by atoms with Crippen LogP contribution in [-0.2, 0) is 4.74 Å². The molecule has 2 aromatic heterocycles. The largest absolute Gasteiger partial charge is 0.383 e. The van der Waals surface area contributed by atoms with E-state index in [1.807, 2.05) is 36.4 Å². The van der Waals surface area contributed by atoms with Crippen molar-refractivity contribution in [2.75, 3.05) is 56.7 Å². The quantitative estimate of drug-likeness (QED) is 0.442. The number of hydrogen-bond acceptors (Lipinski definition) is 7. The minimum absolute atomic E-state index is 0.274. The fourth-order valence-electron chi connectivity index (χ4n) is 4.20. The molecule has 0 radical (unpaired) electrons. The molecule has 3 heterocycles. The number of fused-ring (bicyclic) bond motifs is 1. The number of para-hydroxylation sites is 1. The van der Waals surface area contributed by atoms with E-state index < -0.39 is 0 Å². The zero-order valence-corrected chi connectivity index (χ0v) is 19.1. The van der Waals surface area contributed by atoms with Crippen molar-refractivity contribution < 1.29 is 9.13 Å². The molecular weight excluding hydrogens is 431 g/mol. The summed E-state index contributed by atoms with van der Waals surface area (Å²) in [6, 6.07) is 16.4. The molecule has 1 saturated heterocycles. The number of ether oxygens (including phenoxy) is 1. The van der Waals surface area contributed by atoms with E-state index in [1.165, 1.54) is 12.1 Å². The van der Waals surface area contributed by atoms with Crippen molar-refractivity contribution >= 4 is 28.4 Å². The number of nitrogens with zero attached hydrogens (tertiary/aromatic N) is 5. The van der Waals surface area contributed by atoms with Crippen molar-refractivity contribution in [1.82, 2.24) is 19.9 Å². The third-order valence-electron chi connectivity index (χ3n) is 6.06. The molecule has 0 saturated carbocycles. The number of piperazine rings is 1. The Hall–Kier alpha value is -3.62. The van der Waals surface area contributed by atoms with E-state index in [9.17, 15) is 4.39 Å². The Morgan fingerprint density at radius 3 is 2.59 bits per heavy atom. The molecule has 0 unspecified atom stereocenters. The lowest BCUT2D eigenvalue weighted by atomic mass is 10.0. The lowest BCUT2D eigenvalue weighted by Crippen LogP contribution is -2.47. The van der Waals surface area contributed by atoms with Gasteiger partial charge in [0.05, 0.1) is 24.0 Å². The van der Waals surface area contributed by atoms with E-state index in [2.05, 4.69) is 25.1 Å². The second kappa shape index (κ2) is 10.1. The second-order valence-electron chi connectivity index (χ2n) is 8.30. The van der Waals surface area contributed by atoms with Gasteiger partial charge in [-0.15, -0.1) is 0 Å². The van der Waals surface area contributed by atoms with E-state index in [-0.39, 0.29) is 5.82 Å². The molecule has 4 aromatic rings. The standard InChI is InChI=1S/C26H27FN6O/c1-34-15-14-32-10-12-33(13-11-32)24-9-8-22(18-28-24)30-26-29-17-20-5-3-7-23(25(20)31-26)19-4-2-6-21(27)16-19/h2-9,16-18H,10-15H2,1H3,(H,29,30,31). The summed E-state index contributed by atoms with van der Waals surface area (Å²) in [6.07, 6.45) is 3.58. The molecular formula is C26H27FN6O. The van der Waals surface area contributed by atoms with Crippen LogP contribution in [0, 0.1) is 5.82 Å². The molecule has 0 bridgehead atoms. The maximum atomic E-state index is 13.8. The third kappa shape index (κ3) is 4.98. The number of halogens is 1. The smallest absolute Gasteiger partial charge is 0.227 e. The molecule has 2 aromatic carbocycles. The molecule has 1 fully saturated rings. The number of benzene rings is 2. The van der Waals surface area contributed by atoms with Crippen LogP contribution in [0.3, 0.4) is 0 Å². The monoisotopic (exact) mass is 458 g/mol. The summed E-state index contributed by atoms with van der Waals surface area (Å²) in [4.78, 5) is 18.5. The number of pyridine rings is 1. The van der Waals surface area contributed by atoms with Crippen LogP contribution in [0.4, 0.5) is 21.8 Å². The Morgan fingerprint density at radius 1 is 0.971 bits per heavy atom. The summed E-state index contributed by atoms with van der Waals surface area (Å²) in [5.74, 6) is 1.16. The molecule has 7 nitrogen and oxygen atoms in total. The van der Waals surface area contributed by atoms with Crippen molar-refractivity contribution in [2.45, 2.75) is 0 Å². The highest BCUT2D eigenvalue weighted by Gasteiger charge is 2.17. The molecule has 1 aliphatic rings. The van der Waals surface area contributed by atoms with E-state index in [1.54, 1.807) is 25.6 Å². The normalized spacial score (nSPS) is 14.5. The van der Waals surface area contributed by atoms with Gasteiger partial charge in [0.1, 0.15) is 11.6 Å². The minimum Gasteiger partial charge on any atom is -0.383 e. The van der Waals surface area contributed by atoms with Crippen LogP contribution in [0.1, 0.15) is 0 Å². The molecule has 0 spiro atoms. The lowest BCUT2D eigenvalue weighted by molar-refractivity contribution is 0.144. The van der Waals surface area contributed by atoms with Gasteiger partial charge in [-0.2, -0.15) is 0 Å². The van der Waals surface area contributed by atoms with Gasteiger partial charge in [0.2, 0.25) is 5.95 Å². The van der Waals surface area contributed by atoms with Crippen LogP contribution in [0.5, 0.6) is 0 Å². The summed E-state index contributed by atoms with van der Waals surface area (Å²) in [6.45, 7) is 5.63. The van der Waals surface area contributed by atoms with Crippen molar-refractivity contribution in [2.24, 2.45) is 0 Å². The maximum absolute atomic E-state index is 13.8. The molecule has 8 heteroatoms. The first-order valence-corrected chi connectivity index (χ1v) is 11.4. The zero-order valence-electron chi connectivity index (χ0n) is 19.1. The number of nitrogens with one attached hydrogen (secondary N) is 1. The fraction of sp³-hybridized carbons (Fsp3) is 0.269. The van der Waals surface area contributed by atoms with Crippen LogP contribution >= 0.6 is 0 Å². The Labute approximate surface area is 198 Å². The van der Waals surface area contributed by atoms with Crippen LogP contribution in [0.2, 0.25) is 0 Å². The van der Waals surface area contributed by atoms with Gasteiger partial charge < -0.3 is 15.0 Å². The number of hydrogen-bond donors (Lipinski definition) is 1. The SMILES string of the molecule is COCCN1CCN(c2ccc(Nc3ncc4cccc(-c5cccc(F)c5)c4n3)cn2)CC1. The molecule has 174 valence electrons. The van der Waals surface area contributed by atoms with Gasteiger partial charge in [-0.05, 0) is 29.8 Å². The average Bonchev–Trinajstić information content (AvgIpc) is 2.88. The van der Waals surface area contributed by atoms with E-state index in [0.29, 0.717) is 5.95 Å². The zero-order chi connectivity index (χ0) is 23.3. The summed E-state index contributed by atoms with van der Waals surface area (Å²) >= 11 is 0. The Bertz CT molecular complexity index is 1260. The van der Waals surface area contributed by atoms with Crippen molar-refractivity contribution in [1.29, 1.82) is 0 Å².